The van der Waals surface area contributed by atoms with Gasteiger partial charge >= 0.3 is 5.97 Å². The van der Waals surface area contributed by atoms with Gasteiger partial charge in [-0.2, -0.15) is 0 Å². The molecule has 2 unspecified atom stereocenters. The molecule has 2 atom stereocenters. The number of carbonyl (C=O) groups is 1. The summed E-state index contributed by atoms with van der Waals surface area (Å²) in [6.45, 7) is 2.23. The van der Waals surface area contributed by atoms with Crippen molar-refractivity contribution in [3.63, 3.8) is 0 Å². The molecular weight excluding hydrogens is 242 g/mol. The number of nitrogens with two attached hydrogens (primary N) is 1. The third-order valence-corrected chi connectivity index (χ3v) is 5.04. The second-order valence-corrected chi connectivity index (χ2v) is 6.41. The quantitative estimate of drug-likeness (QED) is 0.777. The van der Waals surface area contributed by atoms with Crippen molar-refractivity contribution in [1.29, 1.82) is 0 Å². The van der Waals surface area contributed by atoms with Crippen LogP contribution in [0.1, 0.15) is 64.7 Å². The number of hydrogen-bond acceptors (Lipinski definition) is 3. The molecule has 1 spiro atoms. The Bertz CT molecular complexity index is 325. The Hall–Kier alpha value is -0.610. The van der Waals surface area contributed by atoms with Crippen LogP contribution in [0.3, 0.4) is 0 Å². The van der Waals surface area contributed by atoms with Gasteiger partial charge in [0.15, 0.2) is 0 Å². The van der Waals surface area contributed by atoms with Gasteiger partial charge in [-0.15, -0.1) is 0 Å². The third kappa shape index (κ3) is 2.95. The molecule has 2 aliphatic rings. The maximum Gasteiger partial charge on any atom is 0.311 e. The molecule has 19 heavy (non-hydrogen) atoms. The molecule has 0 aromatic heterocycles. The first-order valence-corrected chi connectivity index (χ1v) is 7.67. The summed E-state index contributed by atoms with van der Waals surface area (Å²) in [5, 5.41) is 9.54. The average Bonchev–Trinajstić information content (AvgIpc) is 2.99. The van der Waals surface area contributed by atoms with Crippen molar-refractivity contribution in [3.8, 4) is 0 Å². The van der Waals surface area contributed by atoms with Gasteiger partial charge in [-0.1, -0.05) is 26.2 Å². The Morgan fingerprint density at radius 1 is 1.42 bits per heavy atom. The van der Waals surface area contributed by atoms with Crippen molar-refractivity contribution >= 4 is 5.97 Å². The normalized spacial score (nSPS) is 28.6. The highest BCUT2D eigenvalue weighted by Crippen LogP contribution is 2.46. The lowest BCUT2D eigenvalue weighted by atomic mass is 9.78. The van der Waals surface area contributed by atoms with Crippen molar-refractivity contribution in [2.24, 2.45) is 11.1 Å². The van der Waals surface area contributed by atoms with Gasteiger partial charge in [-0.25, -0.2) is 0 Å². The zero-order valence-electron chi connectivity index (χ0n) is 12.0. The van der Waals surface area contributed by atoms with E-state index in [0.717, 1.165) is 32.1 Å². The summed E-state index contributed by atoms with van der Waals surface area (Å²) in [7, 11) is 0. The first kappa shape index (κ1) is 14.8. The van der Waals surface area contributed by atoms with Crippen LogP contribution in [0.25, 0.3) is 0 Å². The third-order valence-electron chi connectivity index (χ3n) is 5.04. The molecule has 4 nitrogen and oxygen atoms in total. The predicted octanol–water partition coefficient (Wildman–Crippen LogP) is 2.70. The summed E-state index contributed by atoms with van der Waals surface area (Å²) in [6, 6.07) is 0. The average molecular weight is 269 g/mol. The lowest BCUT2D eigenvalue weighted by molar-refractivity contribution is -0.152. The Balaban J connectivity index is 2.00. The number of carboxylic acids is 1. The second kappa shape index (κ2) is 5.80. The lowest BCUT2D eigenvalue weighted by Crippen LogP contribution is -2.42. The molecule has 1 heterocycles. The molecule has 1 saturated carbocycles. The van der Waals surface area contributed by atoms with E-state index in [1.54, 1.807) is 0 Å². The van der Waals surface area contributed by atoms with Gasteiger partial charge in [0.05, 0.1) is 17.1 Å². The van der Waals surface area contributed by atoms with Gasteiger partial charge in [-0.3, -0.25) is 4.79 Å². The number of aliphatic carboxylic acids is 1. The van der Waals surface area contributed by atoms with E-state index in [2.05, 4.69) is 0 Å². The number of carboxylic acid groups (broad SMARTS) is 1. The van der Waals surface area contributed by atoms with E-state index in [4.69, 9.17) is 10.5 Å². The van der Waals surface area contributed by atoms with Crippen molar-refractivity contribution in [2.75, 3.05) is 6.54 Å². The second-order valence-electron chi connectivity index (χ2n) is 6.41. The Morgan fingerprint density at radius 2 is 2.11 bits per heavy atom. The molecule has 0 aromatic carbocycles. The van der Waals surface area contributed by atoms with E-state index in [0.29, 0.717) is 12.8 Å². The van der Waals surface area contributed by atoms with Gasteiger partial charge < -0.3 is 15.6 Å². The van der Waals surface area contributed by atoms with Gasteiger partial charge in [0, 0.05) is 6.54 Å². The summed E-state index contributed by atoms with van der Waals surface area (Å²) < 4.78 is 6.24. The van der Waals surface area contributed by atoms with Crippen molar-refractivity contribution < 1.29 is 14.6 Å². The van der Waals surface area contributed by atoms with Gasteiger partial charge in [0.25, 0.3) is 0 Å². The van der Waals surface area contributed by atoms with Crippen LogP contribution in [-0.2, 0) is 9.53 Å². The topological polar surface area (TPSA) is 72.5 Å². The van der Waals surface area contributed by atoms with Crippen molar-refractivity contribution in [1.82, 2.24) is 0 Å². The fraction of sp³-hybridized carbons (Fsp3) is 0.933. The zero-order valence-corrected chi connectivity index (χ0v) is 12.0. The van der Waals surface area contributed by atoms with Crippen molar-refractivity contribution in [3.05, 3.63) is 0 Å². The summed E-state index contributed by atoms with van der Waals surface area (Å²) >= 11 is 0. The molecule has 0 radical (unpaired) electrons. The number of ether oxygens (including phenoxy) is 1. The van der Waals surface area contributed by atoms with E-state index in [-0.39, 0.29) is 18.2 Å². The zero-order chi connectivity index (χ0) is 13.9. The van der Waals surface area contributed by atoms with E-state index in [9.17, 15) is 9.90 Å². The summed E-state index contributed by atoms with van der Waals surface area (Å²) in [5.74, 6) is -0.757. The molecular formula is C15H27NO3. The van der Waals surface area contributed by atoms with Gasteiger partial charge in [-0.05, 0) is 38.5 Å². The van der Waals surface area contributed by atoms with Crippen LogP contribution in [0.4, 0.5) is 0 Å². The fourth-order valence-corrected chi connectivity index (χ4v) is 3.91. The molecule has 0 bridgehead atoms. The highest BCUT2D eigenvalue weighted by atomic mass is 16.5. The lowest BCUT2D eigenvalue weighted by Gasteiger charge is -2.31. The monoisotopic (exact) mass is 269 g/mol. The summed E-state index contributed by atoms with van der Waals surface area (Å²) in [4.78, 5) is 11.6. The number of rotatable bonds is 6. The van der Waals surface area contributed by atoms with Crippen LogP contribution >= 0.6 is 0 Å². The van der Waals surface area contributed by atoms with Crippen LogP contribution in [0.15, 0.2) is 0 Å². The SMILES string of the molecule is CCCC(CN)(CC1CCC2(CCCC2)O1)C(=O)O. The fourth-order valence-electron chi connectivity index (χ4n) is 3.91. The Kier molecular flexibility index (Phi) is 4.51. The molecule has 3 N–H and O–H groups in total. The first-order valence-electron chi connectivity index (χ1n) is 7.67. The molecule has 1 aliphatic carbocycles. The van der Waals surface area contributed by atoms with Crippen molar-refractivity contribution in [2.45, 2.75) is 76.4 Å². The Morgan fingerprint density at radius 3 is 2.63 bits per heavy atom. The molecule has 110 valence electrons. The van der Waals surface area contributed by atoms with E-state index >= 15 is 0 Å². The maximum absolute atomic E-state index is 11.6. The first-order chi connectivity index (χ1) is 9.06. The summed E-state index contributed by atoms with van der Waals surface area (Å²) in [5.41, 5.74) is 5.07. The molecule has 2 fully saturated rings. The molecule has 1 saturated heterocycles. The molecule has 4 heteroatoms. The predicted molar refractivity (Wildman–Crippen MR) is 74.0 cm³/mol. The minimum Gasteiger partial charge on any atom is -0.481 e. The summed E-state index contributed by atoms with van der Waals surface area (Å²) in [6.07, 6.45) is 9.07. The minimum absolute atomic E-state index is 0.0791. The van der Waals surface area contributed by atoms with Crippen LogP contribution < -0.4 is 5.73 Å². The Labute approximate surface area is 115 Å². The molecule has 0 amide bonds. The van der Waals surface area contributed by atoms with Crippen LogP contribution in [0.5, 0.6) is 0 Å². The van der Waals surface area contributed by atoms with Crippen LogP contribution in [-0.4, -0.2) is 29.3 Å². The van der Waals surface area contributed by atoms with E-state index in [1.807, 2.05) is 6.92 Å². The number of hydrogen-bond donors (Lipinski definition) is 2. The van der Waals surface area contributed by atoms with Gasteiger partial charge in [0.2, 0.25) is 0 Å². The van der Waals surface area contributed by atoms with E-state index in [1.165, 1.54) is 12.8 Å². The van der Waals surface area contributed by atoms with Gasteiger partial charge in [0.1, 0.15) is 0 Å². The maximum atomic E-state index is 11.6. The van der Waals surface area contributed by atoms with Crippen LogP contribution in [0, 0.1) is 5.41 Å². The smallest absolute Gasteiger partial charge is 0.311 e. The molecule has 0 aromatic rings. The van der Waals surface area contributed by atoms with Crippen LogP contribution in [0.2, 0.25) is 0 Å². The molecule has 1 aliphatic heterocycles. The standard InChI is InChI=1S/C15H27NO3/c1-2-6-14(11-16,13(17)18)10-12-5-9-15(19-12)7-3-4-8-15/h12H,2-11,16H2,1H3,(H,17,18). The highest BCUT2D eigenvalue weighted by Gasteiger charge is 2.46. The highest BCUT2D eigenvalue weighted by molar-refractivity contribution is 5.75. The minimum atomic E-state index is -0.788. The van der Waals surface area contributed by atoms with E-state index < -0.39 is 11.4 Å². The molecule has 2 rings (SSSR count). The largest absolute Gasteiger partial charge is 0.481 e.